The van der Waals surface area contributed by atoms with Crippen LogP contribution in [0.3, 0.4) is 0 Å². The second-order valence-electron chi connectivity index (χ2n) is 5.55. The number of guanidine groups is 1. The molecule has 4 nitrogen and oxygen atoms in total. The van der Waals surface area contributed by atoms with Crippen LogP contribution in [-0.4, -0.2) is 73.3 Å². The summed E-state index contributed by atoms with van der Waals surface area (Å²) in [7, 11) is 2.25. The molecule has 0 aliphatic carbocycles. The van der Waals surface area contributed by atoms with Crippen molar-refractivity contribution in [3.05, 3.63) is 0 Å². The van der Waals surface area contributed by atoms with Gasteiger partial charge in [0.1, 0.15) is 0 Å². The Labute approximate surface area is 125 Å². The molecule has 118 valence electrons. The summed E-state index contributed by atoms with van der Waals surface area (Å²) in [5.41, 5.74) is 0. The smallest absolute Gasteiger partial charge is 0.350 e. The number of morpholine rings is 1. The summed E-state index contributed by atoms with van der Waals surface area (Å²) in [5.74, 6) is 1.40. The highest BCUT2D eigenvalue weighted by Crippen LogP contribution is 2.05. The van der Waals surface area contributed by atoms with E-state index in [1.807, 2.05) is 0 Å². The Hall–Kier alpha value is -0.770. The number of ether oxygens (including phenoxy) is 1. The van der Waals surface area contributed by atoms with Gasteiger partial charge >= 0.3 is 5.96 Å². The van der Waals surface area contributed by atoms with Gasteiger partial charge in [-0.3, -0.25) is 14.4 Å². The van der Waals surface area contributed by atoms with E-state index < -0.39 is 0 Å². The zero-order valence-electron chi connectivity index (χ0n) is 14.0. The van der Waals surface area contributed by atoms with Gasteiger partial charge in [0.15, 0.2) is 0 Å². The fraction of sp³-hybridized carbons (Fsp3) is 0.938. The predicted octanol–water partition coefficient (Wildman–Crippen LogP) is 2.24. The largest absolute Gasteiger partial charge is 0.375 e. The first-order valence-corrected chi connectivity index (χ1v) is 8.40. The maximum absolute atomic E-state index is 5.50. The minimum Gasteiger partial charge on any atom is -0.375 e. The van der Waals surface area contributed by atoms with E-state index in [-0.39, 0.29) is 0 Å². The second kappa shape index (κ2) is 10.0. The molecule has 0 amide bonds. The normalized spacial score (nSPS) is 15.3. The van der Waals surface area contributed by atoms with Crippen molar-refractivity contribution in [2.75, 3.05) is 53.0 Å². The van der Waals surface area contributed by atoms with E-state index in [0.717, 1.165) is 45.9 Å². The van der Waals surface area contributed by atoms with E-state index in [2.05, 4.69) is 42.2 Å². The molecule has 1 aliphatic heterocycles. The molecule has 0 unspecified atom stereocenters. The maximum Gasteiger partial charge on any atom is 0.350 e. The molecule has 0 atom stereocenters. The van der Waals surface area contributed by atoms with Gasteiger partial charge in [-0.25, -0.2) is 0 Å². The molecule has 1 fully saturated rings. The predicted molar refractivity (Wildman–Crippen MR) is 85.5 cm³/mol. The third-order valence-electron chi connectivity index (χ3n) is 4.03. The zero-order valence-corrected chi connectivity index (χ0v) is 14.0. The molecular formula is C16H34N3O+. The van der Waals surface area contributed by atoms with Crippen LogP contribution in [-0.2, 0) is 4.74 Å². The second-order valence-corrected chi connectivity index (χ2v) is 5.55. The van der Waals surface area contributed by atoms with Crippen molar-refractivity contribution in [3.63, 3.8) is 0 Å². The molecule has 0 aromatic carbocycles. The highest BCUT2D eigenvalue weighted by molar-refractivity contribution is 5.75. The number of nitrogens with zero attached hydrogens (tertiary/aromatic N) is 3. The lowest BCUT2D eigenvalue weighted by Gasteiger charge is -2.29. The van der Waals surface area contributed by atoms with Gasteiger partial charge in [0.25, 0.3) is 0 Å². The topological polar surface area (TPSA) is 18.7 Å². The van der Waals surface area contributed by atoms with E-state index in [9.17, 15) is 0 Å². The number of hydrogen-bond donors (Lipinski definition) is 0. The summed E-state index contributed by atoms with van der Waals surface area (Å²) in [6.45, 7) is 13.8. The molecule has 1 aliphatic rings. The van der Waals surface area contributed by atoms with Crippen molar-refractivity contribution in [1.29, 1.82) is 0 Å². The van der Waals surface area contributed by atoms with Gasteiger partial charge in [0.2, 0.25) is 0 Å². The summed E-state index contributed by atoms with van der Waals surface area (Å²) in [5, 5.41) is 0. The molecule has 0 N–H and O–H groups in total. The van der Waals surface area contributed by atoms with Crippen molar-refractivity contribution in [1.82, 2.24) is 9.80 Å². The first-order valence-electron chi connectivity index (χ1n) is 8.40. The van der Waals surface area contributed by atoms with E-state index >= 15 is 0 Å². The van der Waals surface area contributed by atoms with Crippen LogP contribution in [0.1, 0.15) is 46.5 Å². The number of rotatable bonds is 7. The van der Waals surface area contributed by atoms with Crippen LogP contribution in [0.2, 0.25) is 0 Å². The molecular weight excluding hydrogens is 250 g/mol. The Morgan fingerprint density at radius 1 is 1.00 bits per heavy atom. The SMILES string of the molecule is CCCCCCN(C)C(N(CC)CC)=[N+]1CCOCC1. The number of unbranched alkanes of at least 4 members (excludes halogenated alkanes) is 3. The summed E-state index contributed by atoms with van der Waals surface area (Å²) in [4.78, 5) is 4.93. The Balaban J connectivity index is 2.70. The van der Waals surface area contributed by atoms with Crippen molar-refractivity contribution in [2.24, 2.45) is 0 Å². The quantitative estimate of drug-likeness (QED) is 0.406. The average Bonchev–Trinajstić information content (AvgIpc) is 2.49. The summed E-state index contributed by atoms with van der Waals surface area (Å²) in [6, 6.07) is 0. The summed E-state index contributed by atoms with van der Waals surface area (Å²) < 4.78 is 7.99. The first kappa shape index (κ1) is 17.3. The third-order valence-corrected chi connectivity index (χ3v) is 4.03. The minimum atomic E-state index is 0.856. The van der Waals surface area contributed by atoms with Crippen LogP contribution < -0.4 is 0 Å². The van der Waals surface area contributed by atoms with Crippen molar-refractivity contribution >= 4 is 5.96 Å². The Morgan fingerprint density at radius 2 is 1.65 bits per heavy atom. The van der Waals surface area contributed by atoms with E-state index in [4.69, 9.17) is 4.74 Å². The van der Waals surface area contributed by atoms with Gasteiger partial charge in [-0.15, -0.1) is 0 Å². The monoisotopic (exact) mass is 284 g/mol. The Morgan fingerprint density at radius 3 is 2.20 bits per heavy atom. The molecule has 0 saturated carbocycles. The van der Waals surface area contributed by atoms with E-state index in [1.165, 1.54) is 31.6 Å². The molecule has 0 aromatic rings. The van der Waals surface area contributed by atoms with Gasteiger partial charge < -0.3 is 4.74 Å². The van der Waals surface area contributed by atoms with Crippen molar-refractivity contribution in [3.8, 4) is 0 Å². The zero-order chi connectivity index (χ0) is 14.8. The van der Waals surface area contributed by atoms with Crippen molar-refractivity contribution < 1.29 is 9.31 Å². The van der Waals surface area contributed by atoms with Gasteiger partial charge in [-0.1, -0.05) is 26.2 Å². The lowest BCUT2D eigenvalue weighted by Crippen LogP contribution is -2.51. The maximum atomic E-state index is 5.50. The molecule has 0 spiro atoms. The van der Waals surface area contributed by atoms with Crippen LogP contribution >= 0.6 is 0 Å². The van der Waals surface area contributed by atoms with E-state index in [0.29, 0.717) is 0 Å². The van der Waals surface area contributed by atoms with E-state index in [1.54, 1.807) is 0 Å². The molecule has 1 saturated heterocycles. The lowest BCUT2D eigenvalue weighted by atomic mass is 10.2. The van der Waals surface area contributed by atoms with Crippen LogP contribution in [0, 0.1) is 0 Å². The van der Waals surface area contributed by atoms with Crippen LogP contribution in [0.4, 0.5) is 0 Å². The fourth-order valence-electron chi connectivity index (χ4n) is 2.83. The summed E-state index contributed by atoms with van der Waals surface area (Å²) >= 11 is 0. The fourth-order valence-corrected chi connectivity index (χ4v) is 2.83. The molecule has 0 radical (unpaired) electrons. The van der Waals surface area contributed by atoms with Crippen molar-refractivity contribution in [2.45, 2.75) is 46.5 Å². The van der Waals surface area contributed by atoms with Crippen LogP contribution in [0.5, 0.6) is 0 Å². The highest BCUT2D eigenvalue weighted by atomic mass is 16.5. The summed E-state index contributed by atoms with van der Waals surface area (Å²) in [6.07, 6.45) is 5.29. The van der Waals surface area contributed by atoms with Crippen LogP contribution in [0.15, 0.2) is 0 Å². The van der Waals surface area contributed by atoms with Gasteiger partial charge in [0.05, 0.1) is 53.0 Å². The van der Waals surface area contributed by atoms with Crippen LogP contribution in [0.25, 0.3) is 0 Å². The first-order chi connectivity index (χ1) is 9.74. The lowest BCUT2D eigenvalue weighted by molar-refractivity contribution is -0.558. The minimum absolute atomic E-state index is 0.856. The highest BCUT2D eigenvalue weighted by Gasteiger charge is 2.25. The molecule has 1 rings (SSSR count). The molecule has 4 heteroatoms. The Kier molecular flexibility index (Phi) is 8.67. The molecule has 1 heterocycles. The molecule has 0 aromatic heterocycles. The third kappa shape index (κ3) is 5.31. The standard InChI is InChI=1S/C16H34N3O/c1-5-8-9-10-11-17(4)16(18(6-2)7-3)19-12-14-20-15-13-19/h5-15H2,1-4H3/q+1. The molecule has 0 bridgehead atoms. The van der Waals surface area contributed by atoms with Gasteiger partial charge in [-0.05, 0) is 20.3 Å². The average molecular weight is 284 g/mol. The molecule has 20 heavy (non-hydrogen) atoms. The van der Waals surface area contributed by atoms with Gasteiger partial charge in [-0.2, -0.15) is 0 Å². The number of hydrogen-bond acceptors (Lipinski definition) is 1. The van der Waals surface area contributed by atoms with Gasteiger partial charge in [0, 0.05) is 0 Å². The Bertz CT molecular complexity index is 279.